The lowest BCUT2D eigenvalue weighted by Crippen LogP contribution is -2.13. The topological polar surface area (TPSA) is 46.2 Å². The number of hydrogen-bond donors (Lipinski definition) is 0. The van der Waals surface area contributed by atoms with Crippen LogP contribution in [0.1, 0.15) is 70.8 Å². The number of benzene rings is 1. The molecule has 0 aliphatic rings. The van der Waals surface area contributed by atoms with Crippen LogP contribution in [0.25, 0.3) is 0 Å². The molecule has 0 bridgehead atoms. The third kappa shape index (κ3) is 18.2. The van der Waals surface area contributed by atoms with Crippen molar-refractivity contribution in [1.82, 2.24) is 0 Å². The van der Waals surface area contributed by atoms with Gasteiger partial charge in [-0.15, -0.1) is 0 Å². The second kappa shape index (κ2) is 22.1. The van der Waals surface area contributed by atoms with Crippen LogP contribution >= 0.6 is 0 Å². The van der Waals surface area contributed by atoms with E-state index in [9.17, 15) is 0 Å². The number of ether oxygens (including phenoxy) is 5. The third-order valence-corrected chi connectivity index (χ3v) is 5.00. The molecule has 0 saturated carbocycles. The number of unbranched alkanes of at least 4 members (excludes halogenated alkanes) is 6. The lowest BCUT2D eigenvalue weighted by Gasteiger charge is -2.09. The van der Waals surface area contributed by atoms with Gasteiger partial charge in [0.05, 0.1) is 46.2 Å². The van der Waals surface area contributed by atoms with E-state index in [2.05, 4.69) is 38.1 Å². The van der Waals surface area contributed by atoms with Crippen molar-refractivity contribution < 1.29 is 23.7 Å². The maximum Gasteiger partial charge on any atom is 0.119 e. The molecule has 0 atom stereocenters. The maximum absolute atomic E-state index is 5.74. The van der Waals surface area contributed by atoms with E-state index in [1.54, 1.807) is 0 Å². The number of aryl methyl sites for hydroxylation is 1. The zero-order valence-electron chi connectivity index (χ0n) is 20.1. The van der Waals surface area contributed by atoms with Gasteiger partial charge in [-0.2, -0.15) is 0 Å². The predicted molar refractivity (Wildman–Crippen MR) is 127 cm³/mol. The first-order valence-corrected chi connectivity index (χ1v) is 12.4. The summed E-state index contributed by atoms with van der Waals surface area (Å²) in [7, 11) is 0. The summed E-state index contributed by atoms with van der Waals surface area (Å²) in [5.74, 6) is 0.905. The maximum atomic E-state index is 5.74. The van der Waals surface area contributed by atoms with Gasteiger partial charge in [-0.25, -0.2) is 0 Å². The highest BCUT2D eigenvalue weighted by atomic mass is 16.6. The van der Waals surface area contributed by atoms with Crippen LogP contribution in [-0.4, -0.2) is 59.5 Å². The zero-order valence-corrected chi connectivity index (χ0v) is 20.1. The fraction of sp³-hybridized carbons (Fsp3) is 0.769. The normalized spacial score (nSPS) is 11.2. The molecule has 0 aliphatic carbocycles. The van der Waals surface area contributed by atoms with Crippen molar-refractivity contribution in [1.29, 1.82) is 0 Å². The fourth-order valence-electron chi connectivity index (χ4n) is 3.09. The Morgan fingerprint density at radius 2 is 0.968 bits per heavy atom. The Hall–Kier alpha value is -1.14. The van der Waals surface area contributed by atoms with Crippen molar-refractivity contribution in [2.24, 2.45) is 0 Å². The summed E-state index contributed by atoms with van der Waals surface area (Å²) >= 11 is 0. The molecule has 1 aromatic carbocycles. The summed E-state index contributed by atoms with van der Waals surface area (Å²) in [5, 5.41) is 0. The number of hydrogen-bond acceptors (Lipinski definition) is 5. The van der Waals surface area contributed by atoms with Crippen molar-refractivity contribution in [3.63, 3.8) is 0 Å². The molecule has 0 amide bonds. The first kappa shape index (κ1) is 27.9. The number of rotatable bonds is 23. The molecule has 0 N–H and O–H groups in total. The first-order valence-electron chi connectivity index (χ1n) is 12.4. The molecule has 0 fully saturated rings. The van der Waals surface area contributed by atoms with Gasteiger partial charge in [-0.05, 0) is 37.0 Å². The van der Waals surface area contributed by atoms with Crippen LogP contribution in [-0.2, 0) is 25.4 Å². The van der Waals surface area contributed by atoms with Crippen LogP contribution in [0.5, 0.6) is 5.75 Å². The van der Waals surface area contributed by atoms with E-state index >= 15 is 0 Å². The van der Waals surface area contributed by atoms with Gasteiger partial charge in [0.1, 0.15) is 12.4 Å². The Bertz CT molecular complexity index is 477. The molecule has 0 aromatic heterocycles. The predicted octanol–water partition coefficient (Wildman–Crippen LogP) is 5.83. The van der Waals surface area contributed by atoms with Crippen molar-refractivity contribution >= 4 is 0 Å². The SMILES string of the molecule is CCCCCCCCc1ccc(OCCOCCOCCOCCOCCCC)cc1. The molecule has 1 aromatic rings. The van der Waals surface area contributed by atoms with Gasteiger partial charge in [0.2, 0.25) is 0 Å². The van der Waals surface area contributed by atoms with Crippen molar-refractivity contribution in [2.45, 2.75) is 71.6 Å². The molecule has 1 rings (SSSR count). The fourth-order valence-corrected chi connectivity index (χ4v) is 3.09. The van der Waals surface area contributed by atoms with E-state index < -0.39 is 0 Å². The van der Waals surface area contributed by atoms with E-state index in [0.717, 1.165) is 31.6 Å². The Morgan fingerprint density at radius 1 is 0.484 bits per heavy atom. The molecule has 5 heteroatoms. The van der Waals surface area contributed by atoms with E-state index in [1.807, 2.05) is 0 Å². The molecule has 0 spiro atoms. The Labute approximate surface area is 190 Å². The van der Waals surface area contributed by atoms with Crippen molar-refractivity contribution in [2.75, 3.05) is 59.5 Å². The highest BCUT2D eigenvalue weighted by Gasteiger charge is 1.98. The van der Waals surface area contributed by atoms with E-state index in [-0.39, 0.29) is 0 Å². The van der Waals surface area contributed by atoms with Crippen LogP contribution in [0.3, 0.4) is 0 Å². The Morgan fingerprint density at radius 3 is 1.55 bits per heavy atom. The summed E-state index contributed by atoms with van der Waals surface area (Å²) in [5.41, 5.74) is 1.39. The van der Waals surface area contributed by atoms with Gasteiger partial charge in [0, 0.05) is 6.61 Å². The van der Waals surface area contributed by atoms with Gasteiger partial charge in [0.15, 0.2) is 0 Å². The van der Waals surface area contributed by atoms with Crippen LogP contribution in [0.4, 0.5) is 0 Å². The highest BCUT2D eigenvalue weighted by Crippen LogP contribution is 2.15. The monoisotopic (exact) mass is 438 g/mol. The van der Waals surface area contributed by atoms with E-state index in [1.165, 1.54) is 44.1 Å². The van der Waals surface area contributed by atoms with Crippen molar-refractivity contribution in [3.05, 3.63) is 29.8 Å². The molecule has 0 aliphatic heterocycles. The standard InChI is InChI=1S/C26H46O5/c1-3-5-7-8-9-10-11-25-12-14-26(15-13-25)31-24-23-30-22-21-29-20-19-28-18-17-27-16-6-4-2/h12-15H,3-11,16-24H2,1-2H3. The second-order valence-electron chi connectivity index (χ2n) is 7.81. The molecule has 0 unspecified atom stereocenters. The molecular formula is C26H46O5. The first-order chi connectivity index (χ1) is 15.4. The van der Waals surface area contributed by atoms with Gasteiger partial charge in [-0.1, -0.05) is 64.5 Å². The molecule has 31 heavy (non-hydrogen) atoms. The van der Waals surface area contributed by atoms with Gasteiger partial charge in [-0.3, -0.25) is 0 Å². The summed E-state index contributed by atoms with van der Waals surface area (Å²) in [6.07, 6.45) is 11.5. The summed E-state index contributed by atoms with van der Waals surface area (Å²) in [4.78, 5) is 0. The second-order valence-corrected chi connectivity index (χ2v) is 7.81. The summed E-state index contributed by atoms with van der Waals surface area (Å²) < 4.78 is 27.6. The van der Waals surface area contributed by atoms with Gasteiger partial charge >= 0.3 is 0 Å². The highest BCUT2D eigenvalue weighted by molar-refractivity contribution is 5.27. The van der Waals surface area contributed by atoms with Gasteiger partial charge in [0.25, 0.3) is 0 Å². The average molecular weight is 439 g/mol. The summed E-state index contributed by atoms with van der Waals surface area (Å²) in [6, 6.07) is 8.47. The zero-order chi connectivity index (χ0) is 22.2. The minimum absolute atomic E-state index is 0.553. The lowest BCUT2D eigenvalue weighted by atomic mass is 10.0. The molecule has 180 valence electrons. The molecule has 0 heterocycles. The Balaban J connectivity index is 1.86. The van der Waals surface area contributed by atoms with Crippen LogP contribution in [0.2, 0.25) is 0 Å². The van der Waals surface area contributed by atoms with Crippen LogP contribution in [0.15, 0.2) is 24.3 Å². The van der Waals surface area contributed by atoms with Crippen LogP contribution < -0.4 is 4.74 Å². The lowest BCUT2D eigenvalue weighted by molar-refractivity contribution is -0.00478. The molecule has 0 saturated heterocycles. The minimum atomic E-state index is 0.553. The average Bonchev–Trinajstić information content (AvgIpc) is 2.79. The smallest absolute Gasteiger partial charge is 0.119 e. The molecule has 5 nitrogen and oxygen atoms in total. The van der Waals surface area contributed by atoms with Crippen molar-refractivity contribution in [3.8, 4) is 5.75 Å². The van der Waals surface area contributed by atoms with Gasteiger partial charge < -0.3 is 23.7 Å². The quantitative estimate of drug-likeness (QED) is 0.201. The minimum Gasteiger partial charge on any atom is -0.491 e. The van der Waals surface area contributed by atoms with Crippen LogP contribution in [0, 0.1) is 0 Å². The largest absolute Gasteiger partial charge is 0.491 e. The molecule has 0 radical (unpaired) electrons. The summed E-state index contributed by atoms with van der Waals surface area (Å²) in [6.45, 7) is 9.96. The van der Waals surface area contributed by atoms with E-state index in [0.29, 0.717) is 52.9 Å². The third-order valence-electron chi connectivity index (χ3n) is 5.00. The van der Waals surface area contributed by atoms with E-state index in [4.69, 9.17) is 23.7 Å². The Kier molecular flexibility index (Phi) is 19.9. The molecular weight excluding hydrogens is 392 g/mol.